The maximum atomic E-state index is 6.24. The fraction of sp³-hybridized carbons (Fsp3) is 0.0833. The zero-order chi connectivity index (χ0) is 14.4. The molecule has 3 heterocycles. The zero-order valence-electron chi connectivity index (χ0n) is 10.5. The summed E-state index contributed by atoms with van der Waals surface area (Å²) in [4.78, 5) is 16.2. The normalized spacial score (nSPS) is 13.0. The standard InChI is InChI=1S/C12H8ClN5O2S/c13-5-1-6-7(20-4-19-6)2-8(5)21-12-17-9-10(14)15-3-16-11(9)18-12/h1-3H,4H2,(H3,14,15,16,17,18). The summed E-state index contributed by atoms with van der Waals surface area (Å²) in [5, 5.41) is 1.18. The summed E-state index contributed by atoms with van der Waals surface area (Å²) in [6, 6.07) is 3.54. The van der Waals surface area contributed by atoms with Crippen molar-refractivity contribution in [1.82, 2.24) is 19.9 Å². The fourth-order valence-electron chi connectivity index (χ4n) is 1.95. The van der Waals surface area contributed by atoms with E-state index in [2.05, 4.69) is 19.9 Å². The minimum absolute atomic E-state index is 0.205. The highest BCUT2D eigenvalue weighted by Crippen LogP contribution is 2.42. The van der Waals surface area contributed by atoms with Gasteiger partial charge in [0.15, 0.2) is 33.6 Å². The Labute approximate surface area is 127 Å². The van der Waals surface area contributed by atoms with Gasteiger partial charge in [0.1, 0.15) is 6.33 Å². The summed E-state index contributed by atoms with van der Waals surface area (Å²) >= 11 is 7.59. The molecular formula is C12H8ClN5O2S. The van der Waals surface area contributed by atoms with Crippen molar-refractivity contribution in [2.75, 3.05) is 12.5 Å². The second-order valence-corrected chi connectivity index (χ2v) is 5.67. The highest BCUT2D eigenvalue weighted by Gasteiger charge is 2.18. The van der Waals surface area contributed by atoms with Gasteiger partial charge in [-0.25, -0.2) is 15.0 Å². The van der Waals surface area contributed by atoms with E-state index in [1.165, 1.54) is 18.1 Å². The molecule has 0 atom stereocenters. The number of fused-ring (bicyclic) bond motifs is 2. The molecule has 1 aliphatic rings. The molecule has 0 fully saturated rings. The third kappa shape index (κ3) is 2.12. The maximum Gasteiger partial charge on any atom is 0.231 e. The minimum Gasteiger partial charge on any atom is -0.454 e. The Bertz CT molecular complexity index is 853. The van der Waals surface area contributed by atoms with Gasteiger partial charge in [-0.2, -0.15) is 0 Å². The first kappa shape index (κ1) is 12.5. The van der Waals surface area contributed by atoms with E-state index in [1.54, 1.807) is 6.07 Å². The number of anilines is 1. The van der Waals surface area contributed by atoms with Crippen LogP contribution < -0.4 is 15.2 Å². The Morgan fingerprint density at radius 1 is 1.24 bits per heavy atom. The van der Waals surface area contributed by atoms with E-state index in [0.717, 1.165) is 4.90 Å². The monoisotopic (exact) mass is 321 g/mol. The van der Waals surface area contributed by atoms with Crippen molar-refractivity contribution >= 4 is 40.3 Å². The van der Waals surface area contributed by atoms with Crippen molar-refractivity contribution in [1.29, 1.82) is 0 Å². The molecule has 0 aliphatic carbocycles. The van der Waals surface area contributed by atoms with Crippen LogP contribution in [0.5, 0.6) is 11.5 Å². The highest BCUT2D eigenvalue weighted by molar-refractivity contribution is 7.99. The Kier molecular flexibility index (Phi) is 2.79. The van der Waals surface area contributed by atoms with E-state index < -0.39 is 0 Å². The topological polar surface area (TPSA) is 98.9 Å². The van der Waals surface area contributed by atoms with Gasteiger partial charge < -0.3 is 20.2 Å². The predicted octanol–water partition coefficient (Wildman–Crippen LogP) is 2.47. The van der Waals surface area contributed by atoms with E-state index in [9.17, 15) is 0 Å². The summed E-state index contributed by atoms with van der Waals surface area (Å²) in [5.41, 5.74) is 6.88. The third-order valence-electron chi connectivity index (χ3n) is 2.92. The molecule has 4 rings (SSSR count). The van der Waals surface area contributed by atoms with Crippen molar-refractivity contribution in [2.24, 2.45) is 0 Å². The summed E-state index contributed by atoms with van der Waals surface area (Å²) in [7, 11) is 0. The van der Waals surface area contributed by atoms with Gasteiger partial charge in [0.05, 0.1) is 5.02 Å². The largest absolute Gasteiger partial charge is 0.454 e. The van der Waals surface area contributed by atoms with Crippen LogP contribution in [0.4, 0.5) is 5.82 Å². The van der Waals surface area contributed by atoms with Crippen molar-refractivity contribution in [2.45, 2.75) is 10.1 Å². The molecule has 1 aromatic carbocycles. The van der Waals surface area contributed by atoms with Crippen LogP contribution in [-0.2, 0) is 0 Å². The number of nitrogens with one attached hydrogen (secondary N) is 1. The average molecular weight is 322 g/mol. The maximum absolute atomic E-state index is 6.24. The van der Waals surface area contributed by atoms with E-state index in [1.807, 2.05) is 6.07 Å². The predicted molar refractivity (Wildman–Crippen MR) is 77.8 cm³/mol. The molecular weight excluding hydrogens is 314 g/mol. The quantitative estimate of drug-likeness (QED) is 0.748. The van der Waals surface area contributed by atoms with Crippen LogP contribution in [0.2, 0.25) is 5.02 Å². The lowest BCUT2D eigenvalue weighted by Gasteiger charge is -2.03. The van der Waals surface area contributed by atoms with E-state index in [-0.39, 0.29) is 6.79 Å². The first-order chi connectivity index (χ1) is 10.2. The number of aromatic amines is 1. The number of aromatic nitrogens is 4. The molecule has 0 spiro atoms. The smallest absolute Gasteiger partial charge is 0.231 e. The first-order valence-corrected chi connectivity index (χ1v) is 7.13. The molecule has 1 aliphatic heterocycles. The van der Waals surface area contributed by atoms with Gasteiger partial charge in [0.25, 0.3) is 0 Å². The molecule has 0 saturated heterocycles. The number of hydrogen-bond donors (Lipinski definition) is 2. The van der Waals surface area contributed by atoms with Crippen LogP contribution in [0.15, 0.2) is 28.5 Å². The first-order valence-electron chi connectivity index (χ1n) is 5.94. The molecule has 0 bridgehead atoms. The van der Waals surface area contributed by atoms with Crippen LogP contribution >= 0.6 is 23.4 Å². The fourth-order valence-corrected chi connectivity index (χ4v) is 3.04. The van der Waals surface area contributed by atoms with Crippen LogP contribution in [0.3, 0.4) is 0 Å². The van der Waals surface area contributed by atoms with Crippen LogP contribution in [0, 0.1) is 0 Å². The third-order valence-corrected chi connectivity index (χ3v) is 4.29. The van der Waals surface area contributed by atoms with Gasteiger partial charge in [0.2, 0.25) is 6.79 Å². The number of halogens is 1. The van der Waals surface area contributed by atoms with Crippen LogP contribution in [-0.4, -0.2) is 26.7 Å². The number of rotatable bonds is 2. The Morgan fingerprint density at radius 3 is 2.86 bits per heavy atom. The summed E-state index contributed by atoms with van der Waals surface area (Å²) in [6.07, 6.45) is 1.39. The Balaban J connectivity index is 1.73. The number of hydrogen-bond acceptors (Lipinski definition) is 7. The SMILES string of the molecule is Nc1ncnc2[nH]c(Sc3cc4c(cc3Cl)OCO4)nc12. The second kappa shape index (κ2) is 4.68. The van der Waals surface area contributed by atoms with Gasteiger partial charge >= 0.3 is 0 Å². The molecule has 106 valence electrons. The van der Waals surface area contributed by atoms with Gasteiger partial charge in [0, 0.05) is 11.0 Å². The average Bonchev–Trinajstić information content (AvgIpc) is 3.06. The lowest BCUT2D eigenvalue weighted by molar-refractivity contribution is 0.174. The molecule has 21 heavy (non-hydrogen) atoms. The molecule has 2 aromatic heterocycles. The Morgan fingerprint density at radius 2 is 2.05 bits per heavy atom. The highest BCUT2D eigenvalue weighted by atomic mass is 35.5. The van der Waals surface area contributed by atoms with Crippen molar-refractivity contribution in [3.63, 3.8) is 0 Å². The Hall–Kier alpha value is -2.19. The van der Waals surface area contributed by atoms with Crippen molar-refractivity contribution < 1.29 is 9.47 Å². The van der Waals surface area contributed by atoms with Crippen molar-refractivity contribution in [3.8, 4) is 11.5 Å². The minimum atomic E-state index is 0.205. The summed E-state index contributed by atoms with van der Waals surface area (Å²) < 4.78 is 10.6. The zero-order valence-corrected chi connectivity index (χ0v) is 12.0. The lowest BCUT2D eigenvalue weighted by Crippen LogP contribution is -1.92. The van der Waals surface area contributed by atoms with E-state index >= 15 is 0 Å². The molecule has 3 N–H and O–H groups in total. The van der Waals surface area contributed by atoms with Gasteiger partial charge in [-0.3, -0.25) is 0 Å². The lowest BCUT2D eigenvalue weighted by atomic mass is 10.3. The number of nitrogen functional groups attached to an aromatic ring is 1. The molecule has 9 heteroatoms. The molecule has 7 nitrogen and oxygen atoms in total. The number of benzene rings is 1. The van der Waals surface area contributed by atoms with Gasteiger partial charge in [-0.05, 0) is 6.07 Å². The number of H-pyrrole nitrogens is 1. The second-order valence-electron chi connectivity index (χ2n) is 4.24. The molecule has 0 radical (unpaired) electrons. The number of imidazole rings is 1. The molecule has 3 aromatic rings. The van der Waals surface area contributed by atoms with Gasteiger partial charge in [-0.1, -0.05) is 23.4 Å². The van der Waals surface area contributed by atoms with E-state index in [4.69, 9.17) is 26.8 Å². The number of nitrogens with zero attached hydrogens (tertiary/aromatic N) is 3. The van der Waals surface area contributed by atoms with Gasteiger partial charge in [-0.15, -0.1) is 0 Å². The number of ether oxygens (including phenoxy) is 2. The molecule has 0 unspecified atom stereocenters. The van der Waals surface area contributed by atoms with Crippen LogP contribution in [0.25, 0.3) is 11.2 Å². The molecule has 0 amide bonds. The van der Waals surface area contributed by atoms with E-state index in [0.29, 0.717) is 38.7 Å². The van der Waals surface area contributed by atoms with Crippen LogP contribution in [0.1, 0.15) is 0 Å². The molecule has 0 saturated carbocycles. The summed E-state index contributed by atoms with van der Waals surface area (Å²) in [6.45, 7) is 0.205. The summed E-state index contributed by atoms with van der Waals surface area (Å²) in [5.74, 6) is 1.64. The van der Waals surface area contributed by atoms with Crippen molar-refractivity contribution in [3.05, 3.63) is 23.5 Å². The number of nitrogens with two attached hydrogens (primary N) is 1.